The van der Waals surface area contributed by atoms with Crippen LogP contribution in [-0.2, 0) is 4.79 Å². The van der Waals surface area contributed by atoms with E-state index in [2.05, 4.69) is 22.1 Å². The number of carbonyl (C=O) groups excluding carboxylic acids is 1. The lowest BCUT2D eigenvalue weighted by atomic mass is 9.86. The molecule has 0 unspecified atom stereocenters. The van der Waals surface area contributed by atoms with Gasteiger partial charge in [0.1, 0.15) is 11.5 Å². The first-order valence-corrected chi connectivity index (χ1v) is 7.74. The normalized spacial score (nSPS) is 15.1. The molecule has 1 fully saturated rings. The molecule has 0 atom stereocenters. The fourth-order valence-electron chi connectivity index (χ4n) is 2.73. The van der Waals surface area contributed by atoms with Crippen LogP contribution in [0.2, 0.25) is 0 Å². The van der Waals surface area contributed by atoms with E-state index in [9.17, 15) is 4.79 Å². The van der Waals surface area contributed by atoms with Gasteiger partial charge >= 0.3 is 0 Å². The van der Waals surface area contributed by atoms with E-state index >= 15 is 0 Å². The Hall–Kier alpha value is -1.86. The first-order valence-electron chi connectivity index (χ1n) is 7.74. The summed E-state index contributed by atoms with van der Waals surface area (Å²) in [6.45, 7) is 0.305. The van der Waals surface area contributed by atoms with E-state index in [-0.39, 0.29) is 5.91 Å². The summed E-state index contributed by atoms with van der Waals surface area (Å²) in [5.74, 6) is 6.94. The van der Waals surface area contributed by atoms with Gasteiger partial charge in [-0.1, -0.05) is 44.1 Å². The van der Waals surface area contributed by atoms with E-state index in [0.29, 0.717) is 24.5 Å². The molecule has 0 radical (unpaired) electrons. The van der Waals surface area contributed by atoms with Crippen molar-refractivity contribution in [1.82, 2.24) is 4.98 Å². The number of nitrogens with one attached hydrogen (secondary N) is 1. The third-order valence-corrected chi connectivity index (χ3v) is 3.84. The smallest absolute Gasteiger partial charge is 0.225 e. The summed E-state index contributed by atoms with van der Waals surface area (Å²) >= 11 is 0. The lowest BCUT2D eigenvalue weighted by molar-refractivity contribution is -0.116. The quantitative estimate of drug-likeness (QED) is 0.836. The zero-order valence-corrected chi connectivity index (χ0v) is 12.4. The first-order chi connectivity index (χ1) is 10.3. The Balaban J connectivity index is 1.81. The van der Waals surface area contributed by atoms with Gasteiger partial charge in [0.05, 0.1) is 6.54 Å². The molecule has 4 nitrogen and oxygen atoms in total. The van der Waals surface area contributed by atoms with Crippen molar-refractivity contribution in [3.63, 3.8) is 0 Å². The summed E-state index contributed by atoms with van der Waals surface area (Å²) in [7, 11) is 0. The summed E-state index contributed by atoms with van der Waals surface area (Å²) in [6.07, 6.45) is 8.09. The van der Waals surface area contributed by atoms with Crippen LogP contribution in [-0.4, -0.2) is 17.4 Å². The minimum atomic E-state index is 0.0389. The van der Waals surface area contributed by atoms with Crippen molar-refractivity contribution in [2.75, 3.05) is 11.9 Å². The third-order valence-electron chi connectivity index (χ3n) is 3.84. The Morgan fingerprint density at radius 2 is 2.14 bits per heavy atom. The van der Waals surface area contributed by atoms with Crippen LogP contribution in [0.3, 0.4) is 0 Å². The summed E-state index contributed by atoms with van der Waals surface area (Å²) in [5, 5.41) is 2.85. The summed E-state index contributed by atoms with van der Waals surface area (Å²) < 4.78 is 0. The number of rotatable bonds is 4. The average molecular weight is 285 g/mol. The van der Waals surface area contributed by atoms with Gasteiger partial charge in [0.25, 0.3) is 0 Å². The molecule has 0 aromatic carbocycles. The fraction of sp³-hybridized carbons (Fsp3) is 0.529. The van der Waals surface area contributed by atoms with Crippen LogP contribution < -0.4 is 11.1 Å². The van der Waals surface area contributed by atoms with Gasteiger partial charge in [0.15, 0.2) is 0 Å². The number of hydrogen-bond donors (Lipinski definition) is 2. The molecule has 3 N–H and O–H groups in total. The van der Waals surface area contributed by atoms with Crippen molar-refractivity contribution in [1.29, 1.82) is 0 Å². The standard InChI is InChI=1S/C17H23N3O/c18-13-5-9-15-8-4-10-16(19-15)20-17(21)12-11-14-6-2-1-3-7-14/h4,8,10,14H,1-3,6-7,11-13,18H2,(H,19,20,21). The van der Waals surface area contributed by atoms with E-state index in [0.717, 1.165) is 12.3 Å². The molecule has 2 rings (SSSR count). The molecule has 1 aliphatic carbocycles. The minimum absolute atomic E-state index is 0.0389. The third kappa shape index (κ3) is 5.57. The molecule has 0 aliphatic heterocycles. The Morgan fingerprint density at radius 3 is 2.90 bits per heavy atom. The van der Waals surface area contributed by atoms with E-state index in [1.165, 1.54) is 32.1 Å². The molecular formula is C17H23N3O. The van der Waals surface area contributed by atoms with Crippen LogP contribution in [0.4, 0.5) is 5.82 Å². The van der Waals surface area contributed by atoms with Crippen molar-refractivity contribution in [3.8, 4) is 11.8 Å². The molecule has 1 aromatic rings. The predicted octanol–water partition coefficient (Wildman–Crippen LogP) is 2.69. The van der Waals surface area contributed by atoms with Crippen LogP contribution in [0.1, 0.15) is 50.6 Å². The second-order valence-corrected chi connectivity index (χ2v) is 5.50. The number of anilines is 1. The van der Waals surface area contributed by atoms with Crippen molar-refractivity contribution in [3.05, 3.63) is 23.9 Å². The van der Waals surface area contributed by atoms with E-state index in [1.54, 1.807) is 12.1 Å². The van der Waals surface area contributed by atoms with Crippen LogP contribution in [0.25, 0.3) is 0 Å². The number of nitrogens with two attached hydrogens (primary N) is 1. The molecule has 1 amide bonds. The SMILES string of the molecule is NCC#Cc1cccc(NC(=O)CCC2CCCCC2)n1. The van der Waals surface area contributed by atoms with Gasteiger partial charge in [-0.2, -0.15) is 0 Å². The van der Waals surface area contributed by atoms with Crippen LogP contribution in [0.15, 0.2) is 18.2 Å². The summed E-state index contributed by atoms with van der Waals surface area (Å²) in [4.78, 5) is 16.3. The zero-order chi connectivity index (χ0) is 14.9. The molecule has 112 valence electrons. The molecule has 0 saturated heterocycles. The molecule has 0 spiro atoms. The van der Waals surface area contributed by atoms with E-state index < -0.39 is 0 Å². The second-order valence-electron chi connectivity index (χ2n) is 5.50. The van der Waals surface area contributed by atoms with Crippen LogP contribution in [0, 0.1) is 17.8 Å². The van der Waals surface area contributed by atoms with Crippen molar-refractivity contribution in [2.45, 2.75) is 44.9 Å². The maximum atomic E-state index is 12.0. The van der Waals surface area contributed by atoms with Gasteiger partial charge in [-0.15, -0.1) is 0 Å². The van der Waals surface area contributed by atoms with Crippen LogP contribution in [0.5, 0.6) is 0 Å². The van der Waals surface area contributed by atoms with E-state index in [4.69, 9.17) is 5.73 Å². The molecule has 1 saturated carbocycles. The highest BCUT2D eigenvalue weighted by Gasteiger charge is 2.15. The maximum absolute atomic E-state index is 12.0. The predicted molar refractivity (Wildman–Crippen MR) is 84.6 cm³/mol. The minimum Gasteiger partial charge on any atom is -0.320 e. The average Bonchev–Trinajstić information content (AvgIpc) is 2.52. The largest absolute Gasteiger partial charge is 0.320 e. The number of pyridine rings is 1. The van der Waals surface area contributed by atoms with Crippen molar-refractivity contribution >= 4 is 11.7 Å². The molecule has 1 heterocycles. The lowest BCUT2D eigenvalue weighted by Crippen LogP contribution is -2.15. The van der Waals surface area contributed by atoms with Crippen LogP contribution >= 0.6 is 0 Å². The number of nitrogens with zero attached hydrogens (tertiary/aromatic N) is 1. The Bertz CT molecular complexity index is 524. The fourth-order valence-corrected chi connectivity index (χ4v) is 2.73. The Labute approximate surface area is 126 Å². The lowest BCUT2D eigenvalue weighted by Gasteiger charge is -2.20. The van der Waals surface area contributed by atoms with Crippen molar-refractivity contribution < 1.29 is 4.79 Å². The zero-order valence-electron chi connectivity index (χ0n) is 12.4. The van der Waals surface area contributed by atoms with Gasteiger partial charge in [0.2, 0.25) is 5.91 Å². The molecular weight excluding hydrogens is 262 g/mol. The molecule has 1 aliphatic rings. The molecule has 21 heavy (non-hydrogen) atoms. The van der Waals surface area contributed by atoms with Gasteiger partial charge in [-0.3, -0.25) is 4.79 Å². The maximum Gasteiger partial charge on any atom is 0.225 e. The van der Waals surface area contributed by atoms with Crippen molar-refractivity contribution in [2.24, 2.45) is 11.7 Å². The first kappa shape index (κ1) is 15.5. The van der Waals surface area contributed by atoms with Gasteiger partial charge in [0, 0.05) is 6.42 Å². The number of carbonyl (C=O) groups is 1. The molecule has 4 heteroatoms. The Kier molecular flexibility index (Phi) is 6.23. The number of amides is 1. The highest BCUT2D eigenvalue weighted by atomic mass is 16.1. The number of hydrogen-bond acceptors (Lipinski definition) is 3. The van der Waals surface area contributed by atoms with E-state index in [1.807, 2.05) is 6.07 Å². The molecule has 1 aromatic heterocycles. The monoisotopic (exact) mass is 285 g/mol. The molecule has 0 bridgehead atoms. The van der Waals surface area contributed by atoms with Gasteiger partial charge < -0.3 is 11.1 Å². The van der Waals surface area contributed by atoms with Gasteiger partial charge in [-0.05, 0) is 30.4 Å². The highest BCUT2D eigenvalue weighted by molar-refractivity contribution is 5.89. The number of aromatic nitrogens is 1. The summed E-state index contributed by atoms with van der Waals surface area (Å²) in [5.41, 5.74) is 5.96. The second kappa shape index (κ2) is 8.43. The highest BCUT2D eigenvalue weighted by Crippen LogP contribution is 2.27. The topological polar surface area (TPSA) is 68.0 Å². The van der Waals surface area contributed by atoms with Gasteiger partial charge in [-0.25, -0.2) is 4.98 Å². The Morgan fingerprint density at radius 1 is 1.33 bits per heavy atom. The summed E-state index contributed by atoms with van der Waals surface area (Å²) in [6, 6.07) is 5.43.